The first kappa shape index (κ1) is 16.5. The second-order valence-corrected chi connectivity index (χ2v) is 6.66. The number of nitrogens with zero attached hydrogens (tertiary/aromatic N) is 3. The van der Waals surface area contributed by atoms with Crippen LogP contribution in [0.15, 0.2) is 11.6 Å². The van der Waals surface area contributed by atoms with E-state index < -0.39 is 23.3 Å². The molecule has 120 valence electrons. The number of aromatic nitrogens is 3. The van der Waals surface area contributed by atoms with Crippen LogP contribution in [0.1, 0.15) is 42.5 Å². The lowest BCUT2D eigenvalue weighted by molar-refractivity contribution is -0.141. The molecular formula is C13H15F3N4OS. The van der Waals surface area contributed by atoms with Crippen molar-refractivity contribution in [1.29, 1.82) is 0 Å². The SMILES string of the molecule is Cn1cc(C(=O)Nc2nc(C(C)(C)C)cs2)c(C(F)(F)F)n1. The van der Waals surface area contributed by atoms with Gasteiger partial charge in [-0.3, -0.25) is 14.8 Å². The number of carbonyl (C=O) groups excluding carboxylic acids is 1. The molecule has 2 aromatic rings. The van der Waals surface area contributed by atoms with Gasteiger partial charge in [0.2, 0.25) is 0 Å². The fourth-order valence-electron chi connectivity index (χ4n) is 1.70. The van der Waals surface area contributed by atoms with Crippen LogP contribution in [0.2, 0.25) is 0 Å². The van der Waals surface area contributed by atoms with Crippen LogP contribution >= 0.6 is 11.3 Å². The Hall–Kier alpha value is -1.90. The zero-order chi connectivity index (χ0) is 16.7. The van der Waals surface area contributed by atoms with E-state index in [9.17, 15) is 18.0 Å². The molecule has 5 nitrogen and oxygen atoms in total. The monoisotopic (exact) mass is 332 g/mol. The summed E-state index contributed by atoms with van der Waals surface area (Å²) < 4.78 is 39.5. The van der Waals surface area contributed by atoms with E-state index in [2.05, 4.69) is 15.4 Å². The van der Waals surface area contributed by atoms with Gasteiger partial charge < -0.3 is 0 Å². The topological polar surface area (TPSA) is 59.8 Å². The molecule has 0 bridgehead atoms. The van der Waals surface area contributed by atoms with Crippen molar-refractivity contribution in [1.82, 2.24) is 14.8 Å². The quantitative estimate of drug-likeness (QED) is 0.916. The second-order valence-electron chi connectivity index (χ2n) is 5.80. The highest BCUT2D eigenvalue weighted by Gasteiger charge is 2.39. The molecule has 0 radical (unpaired) electrons. The van der Waals surface area contributed by atoms with E-state index in [1.807, 2.05) is 20.8 Å². The zero-order valence-electron chi connectivity index (χ0n) is 12.4. The Morgan fingerprint density at radius 1 is 1.32 bits per heavy atom. The number of hydrogen-bond acceptors (Lipinski definition) is 4. The number of hydrogen-bond donors (Lipinski definition) is 1. The summed E-state index contributed by atoms with van der Waals surface area (Å²) in [6.45, 7) is 5.86. The minimum Gasteiger partial charge on any atom is -0.298 e. The van der Waals surface area contributed by atoms with E-state index in [0.29, 0.717) is 0 Å². The van der Waals surface area contributed by atoms with Crippen molar-refractivity contribution < 1.29 is 18.0 Å². The first-order valence-corrected chi connectivity index (χ1v) is 7.24. The summed E-state index contributed by atoms with van der Waals surface area (Å²) in [6, 6.07) is 0. The summed E-state index contributed by atoms with van der Waals surface area (Å²) in [5.74, 6) is -0.879. The number of thiazole rings is 1. The largest absolute Gasteiger partial charge is 0.435 e. The lowest BCUT2D eigenvalue weighted by Crippen LogP contribution is -2.18. The summed E-state index contributed by atoms with van der Waals surface area (Å²) in [6.07, 6.45) is -3.65. The maximum absolute atomic E-state index is 12.9. The molecule has 0 aromatic carbocycles. The minimum absolute atomic E-state index is 0.203. The fraction of sp³-hybridized carbons (Fsp3) is 0.462. The lowest BCUT2D eigenvalue weighted by Gasteiger charge is -2.14. The van der Waals surface area contributed by atoms with Crippen molar-refractivity contribution in [2.45, 2.75) is 32.4 Å². The number of rotatable bonds is 2. The van der Waals surface area contributed by atoms with E-state index in [1.54, 1.807) is 5.38 Å². The highest BCUT2D eigenvalue weighted by Crippen LogP contribution is 2.31. The number of alkyl halides is 3. The van der Waals surface area contributed by atoms with E-state index in [-0.39, 0.29) is 10.5 Å². The normalized spacial score (nSPS) is 12.5. The molecule has 0 aliphatic carbocycles. The molecule has 2 rings (SSSR count). The summed E-state index contributed by atoms with van der Waals surface area (Å²) in [5.41, 5.74) is -1.18. The highest BCUT2D eigenvalue weighted by molar-refractivity contribution is 7.14. The average Bonchev–Trinajstić information content (AvgIpc) is 2.93. The van der Waals surface area contributed by atoms with Gasteiger partial charge in [-0.15, -0.1) is 11.3 Å². The van der Waals surface area contributed by atoms with Crippen molar-refractivity contribution in [3.05, 3.63) is 28.5 Å². The van der Waals surface area contributed by atoms with Gasteiger partial charge in [0.1, 0.15) is 0 Å². The predicted octanol–water partition coefficient (Wildman–Crippen LogP) is 3.45. The first-order valence-electron chi connectivity index (χ1n) is 6.36. The van der Waals surface area contributed by atoms with Crippen molar-refractivity contribution in [3.8, 4) is 0 Å². The molecule has 0 aliphatic heterocycles. The van der Waals surface area contributed by atoms with E-state index in [4.69, 9.17) is 0 Å². The molecule has 1 amide bonds. The van der Waals surface area contributed by atoms with Gasteiger partial charge in [0.25, 0.3) is 5.91 Å². The van der Waals surface area contributed by atoms with E-state index in [1.165, 1.54) is 18.4 Å². The third-order valence-electron chi connectivity index (χ3n) is 2.83. The second kappa shape index (κ2) is 5.38. The predicted molar refractivity (Wildman–Crippen MR) is 77.0 cm³/mol. The van der Waals surface area contributed by atoms with Crippen LogP contribution in [-0.2, 0) is 18.6 Å². The first-order chi connectivity index (χ1) is 9.98. The van der Waals surface area contributed by atoms with Gasteiger partial charge in [-0.25, -0.2) is 4.98 Å². The molecule has 1 N–H and O–H groups in total. The molecule has 0 fully saturated rings. The van der Waals surface area contributed by atoms with Crippen molar-refractivity contribution >= 4 is 22.4 Å². The van der Waals surface area contributed by atoms with Gasteiger partial charge in [0, 0.05) is 24.0 Å². The van der Waals surface area contributed by atoms with Crippen LogP contribution in [0, 0.1) is 0 Å². The Labute approximate surface area is 129 Å². The third-order valence-corrected chi connectivity index (χ3v) is 3.59. The molecule has 0 atom stereocenters. The van der Waals surface area contributed by atoms with Crippen LogP contribution < -0.4 is 5.32 Å². The molecule has 2 heterocycles. The Kier molecular flexibility index (Phi) is 4.03. The number of carbonyl (C=O) groups is 1. The molecule has 0 saturated carbocycles. The van der Waals surface area contributed by atoms with Crippen LogP contribution in [0.4, 0.5) is 18.3 Å². The third kappa shape index (κ3) is 3.46. The number of amides is 1. The molecular weight excluding hydrogens is 317 g/mol. The molecule has 9 heteroatoms. The molecule has 0 spiro atoms. The standard InChI is InChI=1S/C13H15F3N4OS/c1-12(2,3)8-6-22-11(17-8)18-10(21)7-5-20(4)19-9(7)13(14,15)16/h5-6H,1-4H3,(H,17,18,21). The maximum atomic E-state index is 12.9. The van der Waals surface area contributed by atoms with Crippen LogP contribution in [-0.4, -0.2) is 20.7 Å². The molecule has 0 unspecified atom stereocenters. The minimum atomic E-state index is -4.69. The van der Waals surface area contributed by atoms with Crippen LogP contribution in [0.3, 0.4) is 0 Å². The van der Waals surface area contributed by atoms with Crippen LogP contribution in [0.5, 0.6) is 0 Å². The summed E-state index contributed by atoms with van der Waals surface area (Å²) >= 11 is 1.17. The Balaban J connectivity index is 2.25. The fourth-order valence-corrected chi connectivity index (χ4v) is 2.64. The van der Waals surface area contributed by atoms with Gasteiger partial charge in [-0.1, -0.05) is 20.8 Å². The number of aryl methyl sites for hydroxylation is 1. The summed E-state index contributed by atoms with van der Waals surface area (Å²) in [7, 11) is 1.33. The summed E-state index contributed by atoms with van der Waals surface area (Å²) in [4.78, 5) is 16.3. The van der Waals surface area contributed by atoms with Gasteiger partial charge in [-0.2, -0.15) is 18.3 Å². The van der Waals surface area contributed by atoms with E-state index >= 15 is 0 Å². The molecule has 0 aliphatic rings. The average molecular weight is 332 g/mol. The van der Waals surface area contributed by atoms with E-state index in [0.717, 1.165) is 16.6 Å². The van der Waals surface area contributed by atoms with Crippen molar-refractivity contribution in [2.24, 2.45) is 7.05 Å². The smallest absolute Gasteiger partial charge is 0.298 e. The van der Waals surface area contributed by atoms with Crippen LogP contribution in [0.25, 0.3) is 0 Å². The highest BCUT2D eigenvalue weighted by atomic mass is 32.1. The lowest BCUT2D eigenvalue weighted by atomic mass is 9.93. The van der Waals surface area contributed by atoms with Crippen molar-refractivity contribution in [2.75, 3.05) is 5.32 Å². The maximum Gasteiger partial charge on any atom is 0.435 e. The molecule has 22 heavy (non-hydrogen) atoms. The van der Waals surface area contributed by atoms with Crippen molar-refractivity contribution in [3.63, 3.8) is 0 Å². The van der Waals surface area contributed by atoms with Gasteiger partial charge in [-0.05, 0) is 0 Å². The number of halogens is 3. The number of nitrogens with one attached hydrogen (secondary N) is 1. The molecule has 2 aromatic heterocycles. The number of anilines is 1. The Bertz CT molecular complexity index is 697. The van der Waals surface area contributed by atoms with Gasteiger partial charge in [0.15, 0.2) is 10.8 Å². The Morgan fingerprint density at radius 2 is 1.95 bits per heavy atom. The van der Waals surface area contributed by atoms with Gasteiger partial charge >= 0.3 is 6.18 Å². The van der Waals surface area contributed by atoms with Gasteiger partial charge in [0.05, 0.1) is 11.3 Å². The summed E-state index contributed by atoms with van der Waals surface area (Å²) in [5, 5.41) is 7.72. The zero-order valence-corrected chi connectivity index (χ0v) is 13.3. The Morgan fingerprint density at radius 3 is 2.45 bits per heavy atom. The molecule has 0 saturated heterocycles.